The Labute approximate surface area is 148 Å². The monoisotopic (exact) mass is 372 g/mol. The van der Waals surface area contributed by atoms with Gasteiger partial charge in [0.25, 0.3) is 5.56 Å². The molecule has 24 heavy (non-hydrogen) atoms. The van der Waals surface area contributed by atoms with Crippen molar-refractivity contribution in [1.29, 1.82) is 0 Å². The summed E-state index contributed by atoms with van der Waals surface area (Å²) in [5.74, 6) is 0.205. The standard InChI is InChI=1S/C15H17N5O3.Ni/c1-5-6-7-20-14(21)12(16-4)10(3)13(15(20)22)18-17-11-8-9(2)23-19-11;/h8,21H,5-7H2,1-3H3;/q;+2/p-1. The van der Waals surface area contributed by atoms with E-state index in [0.29, 0.717) is 12.2 Å². The minimum Gasteiger partial charge on any atom is -0.869 e. The normalized spacial score (nSPS) is 10.6. The molecule has 0 aliphatic heterocycles. The molecule has 2 heterocycles. The smallest absolute Gasteiger partial charge is 0.869 e. The van der Waals surface area contributed by atoms with Gasteiger partial charge in [0.15, 0.2) is 0 Å². The van der Waals surface area contributed by atoms with Gasteiger partial charge in [-0.15, -0.1) is 10.2 Å². The first-order valence-electron chi connectivity index (χ1n) is 7.16. The van der Waals surface area contributed by atoms with Crippen LogP contribution in [0.15, 0.2) is 25.6 Å². The number of azo groups is 1. The second-order valence-electron chi connectivity index (χ2n) is 5.05. The Morgan fingerprint density at radius 2 is 2.12 bits per heavy atom. The molecule has 2 aromatic rings. The zero-order chi connectivity index (χ0) is 17.0. The zero-order valence-corrected chi connectivity index (χ0v) is 14.5. The fourth-order valence-corrected chi connectivity index (χ4v) is 2.05. The van der Waals surface area contributed by atoms with Crippen molar-refractivity contribution < 1.29 is 26.1 Å². The first-order valence-corrected chi connectivity index (χ1v) is 7.16. The number of hydrogen-bond acceptors (Lipinski definition) is 6. The molecule has 0 aliphatic carbocycles. The van der Waals surface area contributed by atoms with Gasteiger partial charge in [0, 0.05) is 12.6 Å². The topological polar surface area (TPSA) is 100 Å². The average molecular weight is 373 g/mol. The summed E-state index contributed by atoms with van der Waals surface area (Å²) >= 11 is 0. The van der Waals surface area contributed by atoms with E-state index in [9.17, 15) is 9.90 Å². The number of rotatable bonds is 5. The molecule has 0 amide bonds. The summed E-state index contributed by atoms with van der Waals surface area (Å²) in [5, 5.41) is 23.6. The minimum atomic E-state index is -0.577. The Kier molecular flexibility index (Phi) is 6.87. The van der Waals surface area contributed by atoms with Crippen LogP contribution in [-0.4, -0.2) is 9.72 Å². The van der Waals surface area contributed by atoms with Crippen molar-refractivity contribution in [2.24, 2.45) is 10.2 Å². The molecule has 0 saturated carbocycles. The molecule has 0 atom stereocenters. The van der Waals surface area contributed by atoms with E-state index in [1.54, 1.807) is 13.0 Å². The minimum absolute atomic E-state index is 0. The van der Waals surface area contributed by atoms with Gasteiger partial charge in [0.1, 0.15) is 11.4 Å². The molecule has 128 valence electrons. The zero-order valence-electron chi connectivity index (χ0n) is 13.5. The predicted molar refractivity (Wildman–Crippen MR) is 81.5 cm³/mol. The van der Waals surface area contributed by atoms with Crippen molar-refractivity contribution in [3.05, 3.63) is 39.2 Å². The van der Waals surface area contributed by atoms with Gasteiger partial charge < -0.3 is 14.2 Å². The maximum Gasteiger partial charge on any atom is 2.00 e. The van der Waals surface area contributed by atoms with Crippen LogP contribution >= 0.6 is 0 Å². The van der Waals surface area contributed by atoms with Crippen LogP contribution in [0, 0.1) is 20.4 Å². The van der Waals surface area contributed by atoms with Crippen LogP contribution in [0.3, 0.4) is 0 Å². The van der Waals surface area contributed by atoms with Gasteiger partial charge >= 0.3 is 16.5 Å². The molecule has 0 aliphatic rings. The van der Waals surface area contributed by atoms with Gasteiger partial charge in [-0.3, -0.25) is 4.79 Å². The molecule has 0 unspecified atom stereocenters. The van der Waals surface area contributed by atoms with Crippen LogP contribution in [0.1, 0.15) is 31.1 Å². The number of nitrogens with zero attached hydrogens (tertiary/aromatic N) is 5. The largest absolute Gasteiger partial charge is 2.00 e. The molecule has 0 saturated heterocycles. The number of pyridine rings is 1. The third kappa shape index (κ3) is 3.89. The summed E-state index contributed by atoms with van der Waals surface area (Å²) < 4.78 is 5.92. The quantitative estimate of drug-likeness (QED) is 0.456. The Hall–Kier alpha value is -2.46. The van der Waals surface area contributed by atoms with Crippen LogP contribution in [0.4, 0.5) is 17.2 Å². The third-order valence-corrected chi connectivity index (χ3v) is 3.32. The average Bonchev–Trinajstić information content (AvgIpc) is 2.93. The number of aromatic nitrogens is 2. The summed E-state index contributed by atoms with van der Waals surface area (Å²) in [4.78, 5) is 15.7. The van der Waals surface area contributed by atoms with E-state index in [-0.39, 0.29) is 45.8 Å². The first-order chi connectivity index (χ1) is 11.0. The van der Waals surface area contributed by atoms with Crippen LogP contribution in [0.2, 0.25) is 0 Å². The molecule has 8 nitrogen and oxygen atoms in total. The number of unbranched alkanes of at least 4 members (excludes halogenated alkanes) is 1. The fraction of sp³-hybridized carbons (Fsp3) is 0.400. The van der Waals surface area contributed by atoms with Gasteiger partial charge in [-0.1, -0.05) is 18.5 Å². The summed E-state index contributed by atoms with van der Waals surface area (Å²) in [6, 6.07) is 1.56. The Bertz CT molecular complexity index is 848. The van der Waals surface area contributed by atoms with Gasteiger partial charge in [-0.2, -0.15) is 0 Å². The molecule has 2 rings (SSSR count). The van der Waals surface area contributed by atoms with Crippen molar-refractivity contribution >= 4 is 17.2 Å². The summed E-state index contributed by atoms with van der Waals surface area (Å²) in [6.07, 6.45) is 1.48. The van der Waals surface area contributed by atoms with Crippen molar-refractivity contribution in [2.45, 2.75) is 40.2 Å². The molecular formula is C15H16N5NiO3+. The van der Waals surface area contributed by atoms with Gasteiger partial charge in [0.2, 0.25) is 11.5 Å². The molecular weight excluding hydrogens is 357 g/mol. The van der Waals surface area contributed by atoms with E-state index in [2.05, 4.69) is 20.2 Å². The molecule has 0 N–H and O–H groups in total. The van der Waals surface area contributed by atoms with Crippen molar-refractivity contribution in [3.8, 4) is 5.88 Å². The molecule has 0 fully saturated rings. The Balaban J connectivity index is 0.00000288. The summed E-state index contributed by atoms with van der Waals surface area (Å²) in [6.45, 7) is 12.6. The van der Waals surface area contributed by atoms with E-state index >= 15 is 0 Å². The molecule has 0 bridgehead atoms. The maximum atomic E-state index is 12.5. The second-order valence-corrected chi connectivity index (χ2v) is 5.05. The van der Waals surface area contributed by atoms with E-state index in [1.165, 1.54) is 6.92 Å². The van der Waals surface area contributed by atoms with E-state index < -0.39 is 11.4 Å². The fourth-order valence-electron chi connectivity index (χ4n) is 2.05. The third-order valence-electron chi connectivity index (χ3n) is 3.32. The summed E-state index contributed by atoms with van der Waals surface area (Å²) in [5.41, 5.74) is -0.442. The maximum absolute atomic E-state index is 12.5. The van der Waals surface area contributed by atoms with Gasteiger partial charge in [-0.05, 0) is 31.7 Å². The van der Waals surface area contributed by atoms with Crippen LogP contribution in [0.25, 0.3) is 4.85 Å². The SMILES string of the molecule is [C-]#[N+]c1c(C)c(N=Nc2cc(C)on2)c(=O)n(CCCC)c1[O-].[Ni+2]. The van der Waals surface area contributed by atoms with Crippen molar-refractivity contribution in [3.63, 3.8) is 0 Å². The molecule has 2 aromatic heterocycles. The predicted octanol–water partition coefficient (Wildman–Crippen LogP) is 3.29. The molecule has 0 spiro atoms. The van der Waals surface area contributed by atoms with E-state index in [4.69, 9.17) is 11.1 Å². The Morgan fingerprint density at radius 1 is 1.42 bits per heavy atom. The van der Waals surface area contributed by atoms with Crippen LogP contribution in [0.5, 0.6) is 5.88 Å². The molecule has 0 aromatic carbocycles. The number of aryl methyl sites for hydroxylation is 1. The van der Waals surface area contributed by atoms with Crippen LogP contribution < -0.4 is 10.7 Å². The van der Waals surface area contributed by atoms with Gasteiger partial charge in [-0.25, -0.2) is 4.85 Å². The van der Waals surface area contributed by atoms with Crippen molar-refractivity contribution in [1.82, 2.24) is 9.72 Å². The molecule has 9 heteroatoms. The van der Waals surface area contributed by atoms with Crippen LogP contribution in [-0.2, 0) is 23.0 Å². The van der Waals surface area contributed by atoms with E-state index in [0.717, 1.165) is 11.0 Å². The first kappa shape index (κ1) is 19.6. The summed E-state index contributed by atoms with van der Waals surface area (Å²) in [7, 11) is 0. The van der Waals surface area contributed by atoms with Crippen molar-refractivity contribution in [2.75, 3.05) is 0 Å². The number of hydrogen-bond donors (Lipinski definition) is 0. The molecule has 0 radical (unpaired) electrons. The van der Waals surface area contributed by atoms with E-state index in [1.807, 2.05) is 6.92 Å². The Morgan fingerprint density at radius 3 is 2.67 bits per heavy atom. The van der Waals surface area contributed by atoms with Gasteiger partial charge in [0.05, 0.1) is 6.57 Å². The second kappa shape index (κ2) is 8.41.